The third kappa shape index (κ3) is 3.70. The molecule has 2 heterocycles. The number of piperazine rings is 1. The fraction of sp³-hybridized carbons (Fsp3) is 0.471. The van der Waals surface area contributed by atoms with E-state index in [1.807, 2.05) is 0 Å². The molecule has 0 saturated carbocycles. The van der Waals surface area contributed by atoms with Crippen molar-refractivity contribution in [1.29, 1.82) is 0 Å². The molecule has 1 saturated heterocycles. The lowest BCUT2D eigenvalue weighted by molar-refractivity contribution is 0.244. The summed E-state index contributed by atoms with van der Waals surface area (Å²) in [4.78, 5) is 7.35. The van der Waals surface area contributed by atoms with Gasteiger partial charge in [0.25, 0.3) is 0 Å². The van der Waals surface area contributed by atoms with E-state index in [-0.39, 0.29) is 0 Å². The van der Waals surface area contributed by atoms with Crippen LogP contribution in [0.1, 0.15) is 16.1 Å². The van der Waals surface area contributed by atoms with Gasteiger partial charge in [-0.3, -0.25) is 0 Å². The SMILES string of the molecule is Cc1ccc(-c2csc(CCN3CCNCC3)n2)c(C)c1. The smallest absolute Gasteiger partial charge is 0.0945 e. The molecule has 0 atom stereocenters. The minimum atomic E-state index is 1.07. The summed E-state index contributed by atoms with van der Waals surface area (Å²) < 4.78 is 0. The van der Waals surface area contributed by atoms with Crippen molar-refractivity contribution >= 4 is 11.3 Å². The average Bonchev–Trinajstić information content (AvgIpc) is 2.95. The van der Waals surface area contributed by atoms with Crippen molar-refractivity contribution in [2.24, 2.45) is 0 Å². The number of rotatable bonds is 4. The number of hydrogen-bond donors (Lipinski definition) is 1. The Kier molecular flexibility index (Phi) is 4.68. The lowest BCUT2D eigenvalue weighted by atomic mass is 10.0. The minimum Gasteiger partial charge on any atom is -0.314 e. The predicted octanol–water partition coefficient (Wildman–Crippen LogP) is 2.87. The molecule has 0 unspecified atom stereocenters. The lowest BCUT2D eigenvalue weighted by Gasteiger charge is -2.26. The molecule has 1 N–H and O–H groups in total. The Morgan fingerprint density at radius 1 is 1.24 bits per heavy atom. The van der Waals surface area contributed by atoms with Gasteiger partial charge < -0.3 is 10.2 Å². The maximum Gasteiger partial charge on any atom is 0.0945 e. The van der Waals surface area contributed by atoms with Crippen LogP contribution in [-0.2, 0) is 6.42 Å². The topological polar surface area (TPSA) is 28.2 Å². The Morgan fingerprint density at radius 3 is 2.81 bits per heavy atom. The lowest BCUT2D eigenvalue weighted by Crippen LogP contribution is -2.44. The first-order chi connectivity index (χ1) is 10.2. The van der Waals surface area contributed by atoms with Gasteiger partial charge in [0, 0.05) is 50.1 Å². The van der Waals surface area contributed by atoms with E-state index in [0.717, 1.165) is 44.8 Å². The Bertz CT molecular complexity index is 600. The second kappa shape index (κ2) is 6.69. The average molecular weight is 301 g/mol. The first-order valence-corrected chi connectivity index (χ1v) is 8.55. The maximum atomic E-state index is 4.83. The van der Waals surface area contributed by atoms with Crippen LogP contribution in [0.5, 0.6) is 0 Å². The molecular weight excluding hydrogens is 278 g/mol. The van der Waals surface area contributed by atoms with Gasteiger partial charge in [0.2, 0.25) is 0 Å². The highest BCUT2D eigenvalue weighted by atomic mass is 32.1. The van der Waals surface area contributed by atoms with Crippen LogP contribution in [0.15, 0.2) is 23.6 Å². The van der Waals surface area contributed by atoms with Crippen molar-refractivity contribution in [2.75, 3.05) is 32.7 Å². The van der Waals surface area contributed by atoms with E-state index in [9.17, 15) is 0 Å². The summed E-state index contributed by atoms with van der Waals surface area (Å²) in [5.74, 6) is 0. The Hall–Kier alpha value is -1.23. The highest BCUT2D eigenvalue weighted by Crippen LogP contribution is 2.26. The summed E-state index contributed by atoms with van der Waals surface area (Å²) in [5, 5.41) is 6.85. The van der Waals surface area contributed by atoms with Gasteiger partial charge in [-0.25, -0.2) is 4.98 Å². The number of nitrogens with one attached hydrogen (secondary N) is 1. The zero-order valence-electron chi connectivity index (χ0n) is 12.9. The van der Waals surface area contributed by atoms with Crippen molar-refractivity contribution in [3.63, 3.8) is 0 Å². The highest BCUT2D eigenvalue weighted by Gasteiger charge is 2.11. The van der Waals surface area contributed by atoms with Crippen molar-refractivity contribution in [2.45, 2.75) is 20.3 Å². The van der Waals surface area contributed by atoms with E-state index < -0.39 is 0 Å². The molecule has 1 aromatic heterocycles. The van der Waals surface area contributed by atoms with Crippen molar-refractivity contribution in [1.82, 2.24) is 15.2 Å². The summed E-state index contributed by atoms with van der Waals surface area (Å²) in [6, 6.07) is 6.59. The van der Waals surface area contributed by atoms with Crippen molar-refractivity contribution in [3.8, 4) is 11.3 Å². The molecule has 3 rings (SSSR count). The number of benzene rings is 1. The number of hydrogen-bond acceptors (Lipinski definition) is 4. The van der Waals surface area contributed by atoms with E-state index in [1.165, 1.54) is 21.7 Å². The van der Waals surface area contributed by atoms with E-state index in [2.05, 4.69) is 47.6 Å². The first-order valence-electron chi connectivity index (χ1n) is 7.67. The van der Waals surface area contributed by atoms with Gasteiger partial charge >= 0.3 is 0 Å². The van der Waals surface area contributed by atoms with Gasteiger partial charge in [0.1, 0.15) is 0 Å². The van der Waals surface area contributed by atoms with E-state index in [0.29, 0.717) is 0 Å². The summed E-state index contributed by atoms with van der Waals surface area (Å²) in [7, 11) is 0. The van der Waals surface area contributed by atoms with Gasteiger partial charge in [0.15, 0.2) is 0 Å². The zero-order valence-corrected chi connectivity index (χ0v) is 13.7. The third-order valence-electron chi connectivity index (χ3n) is 4.06. The molecule has 4 heteroatoms. The van der Waals surface area contributed by atoms with Gasteiger partial charge in [0.05, 0.1) is 10.7 Å². The minimum absolute atomic E-state index is 1.07. The third-order valence-corrected chi connectivity index (χ3v) is 4.97. The molecule has 1 aromatic carbocycles. The molecule has 2 aromatic rings. The van der Waals surface area contributed by atoms with Crippen molar-refractivity contribution in [3.05, 3.63) is 39.7 Å². The van der Waals surface area contributed by atoms with Crippen LogP contribution in [0.3, 0.4) is 0 Å². The van der Waals surface area contributed by atoms with Crippen LogP contribution in [0.2, 0.25) is 0 Å². The number of aryl methyl sites for hydroxylation is 2. The van der Waals surface area contributed by atoms with Crippen molar-refractivity contribution < 1.29 is 0 Å². The van der Waals surface area contributed by atoms with Crippen LogP contribution >= 0.6 is 11.3 Å². The molecule has 112 valence electrons. The molecule has 1 fully saturated rings. The summed E-state index contributed by atoms with van der Waals surface area (Å²) in [5.41, 5.74) is 5.03. The number of aromatic nitrogens is 1. The van der Waals surface area contributed by atoms with E-state index >= 15 is 0 Å². The van der Waals surface area contributed by atoms with Gasteiger partial charge in [-0.1, -0.05) is 23.8 Å². The number of nitrogens with zero attached hydrogens (tertiary/aromatic N) is 2. The predicted molar refractivity (Wildman–Crippen MR) is 90.0 cm³/mol. The molecule has 0 radical (unpaired) electrons. The Balaban J connectivity index is 1.65. The fourth-order valence-electron chi connectivity index (χ4n) is 2.84. The largest absolute Gasteiger partial charge is 0.314 e. The Labute approximate surface area is 131 Å². The molecule has 3 nitrogen and oxygen atoms in total. The number of thiazole rings is 1. The second-order valence-electron chi connectivity index (χ2n) is 5.79. The molecule has 0 amide bonds. The molecule has 21 heavy (non-hydrogen) atoms. The summed E-state index contributed by atoms with van der Waals surface area (Å²) >= 11 is 1.79. The highest BCUT2D eigenvalue weighted by molar-refractivity contribution is 7.09. The van der Waals surface area contributed by atoms with Crippen LogP contribution in [0.25, 0.3) is 11.3 Å². The summed E-state index contributed by atoms with van der Waals surface area (Å²) in [6.07, 6.45) is 1.07. The standard InChI is InChI=1S/C17H23N3S/c1-13-3-4-15(14(2)11-13)16-12-21-17(19-16)5-8-20-9-6-18-7-10-20/h3-4,11-12,18H,5-10H2,1-2H3. The fourth-order valence-corrected chi connectivity index (χ4v) is 3.63. The van der Waals surface area contributed by atoms with Crippen LogP contribution in [0.4, 0.5) is 0 Å². The monoisotopic (exact) mass is 301 g/mol. The van der Waals surface area contributed by atoms with Crippen LogP contribution in [-0.4, -0.2) is 42.6 Å². The molecular formula is C17H23N3S. The zero-order chi connectivity index (χ0) is 14.7. The molecule has 0 bridgehead atoms. The van der Waals surface area contributed by atoms with E-state index in [4.69, 9.17) is 4.98 Å². The van der Waals surface area contributed by atoms with Gasteiger partial charge in [-0.2, -0.15) is 0 Å². The van der Waals surface area contributed by atoms with Gasteiger partial charge in [-0.05, 0) is 19.4 Å². The van der Waals surface area contributed by atoms with Crippen LogP contribution < -0.4 is 5.32 Å². The Morgan fingerprint density at radius 2 is 2.05 bits per heavy atom. The second-order valence-corrected chi connectivity index (χ2v) is 6.73. The summed E-state index contributed by atoms with van der Waals surface area (Å²) in [6.45, 7) is 9.99. The molecule has 1 aliphatic rings. The molecule has 0 aliphatic carbocycles. The quantitative estimate of drug-likeness (QED) is 0.941. The molecule has 0 spiro atoms. The van der Waals surface area contributed by atoms with Crippen LogP contribution in [0, 0.1) is 13.8 Å². The first kappa shape index (κ1) is 14.7. The molecule has 1 aliphatic heterocycles. The maximum absolute atomic E-state index is 4.83. The van der Waals surface area contributed by atoms with E-state index in [1.54, 1.807) is 11.3 Å². The van der Waals surface area contributed by atoms with Gasteiger partial charge in [-0.15, -0.1) is 11.3 Å². The normalized spacial score (nSPS) is 16.3.